The second-order valence-corrected chi connectivity index (χ2v) is 6.66. The van der Waals surface area contributed by atoms with E-state index in [1.54, 1.807) is 19.3 Å². The van der Waals surface area contributed by atoms with Crippen LogP contribution in [0.15, 0.2) is 41.3 Å². The molecule has 3 rings (SSSR count). The van der Waals surface area contributed by atoms with Crippen LogP contribution in [-0.2, 0) is 18.4 Å². The van der Waals surface area contributed by atoms with E-state index in [9.17, 15) is 9.59 Å². The maximum atomic E-state index is 12.5. The molecular formula is C19H24N4O2. The first-order valence-electron chi connectivity index (χ1n) is 8.64. The fourth-order valence-electron chi connectivity index (χ4n) is 3.10. The molecule has 1 amide bonds. The van der Waals surface area contributed by atoms with Gasteiger partial charge in [0.05, 0.1) is 17.8 Å². The smallest absolute Gasteiger partial charge is 0.268 e. The minimum Gasteiger partial charge on any atom is -0.369 e. The number of carbonyl (C=O) groups excluding carboxylic acids is 1. The van der Waals surface area contributed by atoms with Gasteiger partial charge in [-0.05, 0) is 25.3 Å². The minimum absolute atomic E-state index is 0.0664. The van der Waals surface area contributed by atoms with Gasteiger partial charge in [-0.25, -0.2) is 4.68 Å². The molecule has 0 saturated carbocycles. The second kappa shape index (κ2) is 7.51. The van der Waals surface area contributed by atoms with E-state index in [2.05, 4.69) is 15.3 Å². The van der Waals surface area contributed by atoms with Crippen LogP contribution in [-0.4, -0.2) is 28.8 Å². The molecule has 1 N–H and O–H groups in total. The summed E-state index contributed by atoms with van der Waals surface area (Å²) in [5, 5.41) is 7.10. The van der Waals surface area contributed by atoms with E-state index in [4.69, 9.17) is 0 Å². The van der Waals surface area contributed by atoms with E-state index in [1.165, 1.54) is 10.2 Å². The van der Waals surface area contributed by atoms with Gasteiger partial charge in [0.1, 0.15) is 0 Å². The number of aromatic nitrogens is 2. The molecule has 1 fully saturated rings. The molecule has 0 bridgehead atoms. The largest absolute Gasteiger partial charge is 0.369 e. The van der Waals surface area contributed by atoms with Crippen molar-refractivity contribution in [2.75, 3.05) is 18.0 Å². The lowest BCUT2D eigenvalue weighted by molar-refractivity contribution is -0.125. The zero-order valence-corrected chi connectivity index (χ0v) is 14.7. The maximum Gasteiger partial charge on any atom is 0.268 e. The van der Waals surface area contributed by atoms with E-state index in [0.717, 1.165) is 30.6 Å². The van der Waals surface area contributed by atoms with Crippen LogP contribution in [0.1, 0.15) is 24.0 Å². The van der Waals surface area contributed by atoms with Crippen LogP contribution >= 0.6 is 0 Å². The number of hydrogen-bond acceptors (Lipinski definition) is 4. The molecule has 0 aliphatic carbocycles. The summed E-state index contributed by atoms with van der Waals surface area (Å²) >= 11 is 0. The first-order chi connectivity index (χ1) is 12.0. The summed E-state index contributed by atoms with van der Waals surface area (Å²) < 4.78 is 1.30. The molecule has 1 saturated heterocycles. The number of amides is 1. The lowest BCUT2D eigenvalue weighted by Crippen LogP contribution is -2.43. The van der Waals surface area contributed by atoms with E-state index < -0.39 is 0 Å². The Balaban J connectivity index is 1.60. The Bertz CT molecular complexity index is 798. The molecule has 1 aliphatic heterocycles. The van der Waals surface area contributed by atoms with Crippen LogP contribution < -0.4 is 15.8 Å². The first kappa shape index (κ1) is 17.2. The predicted molar refractivity (Wildman–Crippen MR) is 97.4 cm³/mol. The number of nitrogens with one attached hydrogen (secondary N) is 1. The molecule has 6 heteroatoms. The van der Waals surface area contributed by atoms with Crippen molar-refractivity contribution in [1.29, 1.82) is 0 Å². The van der Waals surface area contributed by atoms with E-state index in [-0.39, 0.29) is 17.4 Å². The number of piperidine rings is 1. The quantitative estimate of drug-likeness (QED) is 0.918. The highest BCUT2D eigenvalue weighted by atomic mass is 16.2. The van der Waals surface area contributed by atoms with Gasteiger partial charge in [0.25, 0.3) is 5.56 Å². The molecule has 0 spiro atoms. The Morgan fingerprint density at radius 1 is 1.32 bits per heavy atom. The van der Waals surface area contributed by atoms with Gasteiger partial charge in [-0.3, -0.25) is 9.59 Å². The Morgan fingerprint density at radius 3 is 2.80 bits per heavy atom. The SMILES string of the molecule is Cc1ccc(CNC(=O)C2CCCN(c3cnn(C)c(=O)c3)C2)cc1. The monoisotopic (exact) mass is 340 g/mol. The standard InChI is InChI=1S/C19H24N4O2/c1-14-5-7-15(8-6-14)11-20-19(25)16-4-3-9-23(13-16)17-10-18(24)22(2)21-12-17/h5-8,10,12,16H,3-4,9,11,13H2,1-2H3,(H,20,25). The highest BCUT2D eigenvalue weighted by Crippen LogP contribution is 2.21. The van der Waals surface area contributed by atoms with Crippen LogP contribution in [0.5, 0.6) is 0 Å². The van der Waals surface area contributed by atoms with Gasteiger partial charge in [-0.15, -0.1) is 0 Å². The number of rotatable bonds is 4. The Kier molecular flexibility index (Phi) is 5.16. The van der Waals surface area contributed by atoms with Crippen molar-refractivity contribution in [3.05, 3.63) is 58.0 Å². The molecule has 1 aromatic carbocycles. The molecule has 0 radical (unpaired) electrons. The zero-order valence-electron chi connectivity index (χ0n) is 14.7. The Labute approximate surface area is 147 Å². The molecule has 1 aliphatic rings. The van der Waals surface area contributed by atoms with Crippen LogP contribution in [0.2, 0.25) is 0 Å². The van der Waals surface area contributed by atoms with E-state index in [0.29, 0.717) is 13.1 Å². The van der Waals surface area contributed by atoms with Crippen molar-refractivity contribution >= 4 is 11.6 Å². The van der Waals surface area contributed by atoms with Crippen LogP contribution in [0.25, 0.3) is 0 Å². The van der Waals surface area contributed by atoms with Gasteiger partial charge in [0.15, 0.2) is 0 Å². The average molecular weight is 340 g/mol. The van der Waals surface area contributed by atoms with Crippen molar-refractivity contribution in [2.45, 2.75) is 26.3 Å². The van der Waals surface area contributed by atoms with Gasteiger partial charge in [-0.1, -0.05) is 29.8 Å². The highest BCUT2D eigenvalue weighted by Gasteiger charge is 2.26. The van der Waals surface area contributed by atoms with E-state index >= 15 is 0 Å². The number of benzene rings is 1. The summed E-state index contributed by atoms with van der Waals surface area (Å²) in [4.78, 5) is 26.4. The van der Waals surface area contributed by atoms with Gasteiger partial charge in [-0.2, -0.15) is 5.10 Å². The minimum atomic E-state index is -0.136. The Morgan fingerprint density at radius 2 is 2.08 bits per heavy atom. The van der Waals surface area contributed by atoms with Crippen molar-refractivity contribution in [3.8, 4) is 0 Å². The third kappa shape index (κ3) is 4.26. The summed E-state index contributed by atoms with van der Waals surface area (Å²) in [6.45, 7) is 4.05. The fraction of sp³-hybridized carbons (Fsp3) is 0.421. The summed E-state index contributed by atoms with van der Waals surface area (Å²) in [6, 6.07) is 9.75. The first-order valence-corrected chi connectivity index (χ1v) is 8.64. The molecule has 1 atom stereocenters. The van der Waals surface area contributed by atoms with Gasteiger partial charge in [0, 0.05) is 32.7 Å². The number of nitrogens with zero attached hydrogens (tertiary/aromatic N) is 3. The predicted octanol–water partition coefficient (Wildman–Crippen LogP) is 1.62. The average Bonchev–Trinajstić information content (AvgIpc) is 2.63. The zero-order chi connectivity index (χ0) is 17.8. The van der Waals surface area contributed by atoms with Gasteiger partial charge in [0.2, 0.25) is 5.91 Å². The van der Waals surface area contributed by atoms with Gasteiger partial charge < -0.3 is 10.2 Å². The fourth-order valence-corrected chi connectivity index (χ4v) is 3.10. The summed E-state index contributed by atoms with van der Waals surface area (Å²) in [6.07, 6.45) is 3.49. The molecule has 2 aromatic rings. The summed E-state index contributed by atoms with van der Waals surface area (Å²) in [5.41, 5.74) is 2.96. The number of carbonyl (C=O) groups is 1. The Hall–Kier alpha value is -2.63. The van der Waals surface area contributed by atoms with Crippen molar-refractivity contribution in [3.63, 3.8) is 0 Å². The third-order valence-electron chi connectivity index (χ3n) is 4.70. The summed E-state index contributed by atoms with van der Waals surface area (Å²) in [5.74, 6) is 0.00493. The maximum absolute atomic E-state index is 12.5. The topological polar surface area (TPSA) is 67.2 Å². The normalized spacial score (nSPS) is 17.4. The molecule has 25 heavy (non-hydrogen) atoms. The molecule has 132 valence electrons. The lowest BCUT2D eigenvalue weighted by Gasteiger charge is -2.33. The van der Waals surface area contributed by atoms with Crippen molar-refractivity contribution in [1.82, 2.24) is 15.1 Å². The third-order valence-corrected chi connectivity index (χ3v) is 4.70. The van der Waals surface area contributed by atoms with Crippen LogP contribution in [0.4, 0.5) is 5.69 Å². The number of hydrogen-bond donors (Lipinski definition) is 1. The number of aryl methyl sites for hydroxylation is 2. The molecular weight excluding hydrogens is 316 g/mol. The molecule has 2 heterocycles. The molecule has 6 nitrogen and oxygen atoms in total. The number of anilines is 1. The second-order valence-electron chi connectivity index (χ2n) is 6.66. The van der Waals surface area contributed by atoms with E-state index in [1.807, 2.05) is 31.2 Å². The lowest BCUT2D eigenvalue weighted by atomic mass is 9.96. The molecule has 1 unspecified atom stereocenters. The van der Waals surface area contributed by atoms with Crippen molar-refractivity contribution < 1.29 is 4.79 Å². The summed E-state index contributed by atoms with van der Waals surface area (Å²) in [7, 11) is 1.63. The molecule has 1 aromatic heterocycles. The highest BCUT2D eigenvalue weighted by molar-refractivity contribution is 5.79. The van der Waals surface area contributed by atoms with Gasteiger partial charge >= 0.3 is 0 Å². The van der Waals surface area contributed by atoms with Crippen LogP contribution in [0.3, 0.4) is 0 Å². The van der Waals surface area contributed by atoms with Crippen molar-refractivity contribution in [2.24, 2.45) is 13.0 Å². The van der Waals surface area contributed by atoms with Crippen LogP contribution in [0, 0.1) is 12.8 Å².